The third kappa shape index (κ3) is 4.33. The number of aliphatic hydroxyl groups excluding tert-OH is 1. The summed E-state index contributed by atoms with van der Waals surface area (Å²) in [6.45, 7) is 3.01. The number of nitrogens with two attached hydrogens (primary N) is 1. The van der Waals surface area contributed by atoms with E-state index in [0.29, 0.717) is 20.7 Å². The molecule has 3 N–H and O–H groups in total. The molecular formula is C16H19ClF3NO3S2. The van der Waals surface area contributed by atoms with Gasteiger partial charge < -0.3 is 10.8 Å². The lowest BCUT2D eigenvalue weighted by Crippen LogP contribution is -2.46. The zero-order valence-electron chi connectivity index (χ0n) is 14.0. The van der Waals surface area contributed by atoms with Crippen LogP contribution in [0, 0.1) is 12.8 Å². The van der Waals surface area contributed by atoms with Crippen molar-refractivity contribution in [1.29, 1.82) is 0 Å². The molecule has 1 heterocycles. The van der Waals surface area contributed by atoms with Crippen LogP contribution in [0.15, 0.2) is 22.4 Å². The normalized spacial score (nSPS) is 16.6. The Hall–Kier alpha value is -0.870. The van der Waals surface area contributed by atoms with Crippen molar-refractivity contribution in [2.24, 2.45) is 11.7 Å². The van der Waals surface area contributed by atoms with Crippen LogP contribution < -0.4 is 5.73 Å². The van der Waals surface area contributed by atoms with Crippen LogP contribution in [0.5, 0.6) is 0 Å². The first kappa shape index (κ1) is 21.4. The minimum Gasteiger partial charge on any atom is -0.377 e. The lowest BCUT2D eigenvalue weighted by atomic mass is 9.97. The van der Waals surface area contributed by atoms with Crippen LogP contribution >= 0.6 is 22.9 Å². The lowest BCUT2D eigenvalue weighted by molar-refractivity contribution is -0.146. The third-order valence-electron chi connectivity index (χ3n) is 4.29. The molecule has 10 heteroatoms. The van der Waals surface area contributed by atoms with E-state index in [9.17, 15) is 26.7 Å². The first-order valence-electron chi connectivity index (χ1n) is 7.81. The predicted molar refractivity (Wildman–Crippen MR) is 97.2 cm³/mol. The van der Waals surface area contributed by atoms with E-state index in [4.69, 9.17) is 17.3 Å². The first-order chi connectivity index (χ1) is 11.9. The summed E-state index contributed by atoms with van der Waals surface area (Å²) in [5, 5.41) is 9.10. The van der Waals surface area contributed by atoms with Gasteiger partial charge in [0.2, 0.25) is 0 Å². The van der Waals surface area contributed by atoms with E-state index in [2.05, 4.69) is 0 Å². The Kier molecular flexibility index (Phi) is 6.29. The Labute approximate surface area is 158 Å². The van der Waals surface area contributed by atoms with Crippen molar-refractivity contribution in [2.75, 3.05) is 0 Å². The van der Waals surface area contributed by atoms with E-state index in [1.165, 1.54) is 6.92 Å². The SMILES string of the molecule is CC[C@@H](CC(F)(F)F)[C@@H](C(N)O)S(=O)(=O)c1sc2ccc(Cl)cc2c1C. The summed E-state index contributed by atoms with van der Waals surface area (Å²) in [7, 11) is -4.29. The topological polar surface area (TPSA) is 80.4 Å². The molecular weight excluding hydrogens is 411 g/mol. The zero-order chi connectivity index (χ0) is 19.9. The number of benzene rings is 1. The highest BCUT2D eigenvalue weighted by Gasteiger charge is 2.44. The number of rotatable bonds is 6. The van der Waals surface area contributed by atoms with Gasteiger partial charge in [-0.1, -0.05) is 24.9 Å². The highest BCUT2D eigenvalue weighted by molar-refractivity contribution is 7.94. The van der Waals surface area contributed by atoms with Gasteiger partial charge in [0.15, 0.2) is 9.84 Å². The molecule has 0 radical (unpaired) electrons. The van der Waals surface area contributed by atoms with Gasteiger partial charge in [-0.25, -0.2) is 8.42 Å². The molecule has 0 spiro atoms. The monoisotopic (exact) mass is 429 g/mol. The first-order valence-corrected chi connectivity index (χ1v) is 10.6. The quantitative estimate of drug-likeness (QED) is 0.672. The van der Waals surface area contributed by atoms with Crippen molar-refractivity contribution < 1.29 is 26.7 Å². The fourth-order valence-corrected chi connectivity index (χ4v) is 7.18. The molecule has 0 aliphatic rings. The van der Waals surface area contributed by atoms with E-state index in [1.807, 2.05) is 0 Å². The Morgan fingerprint density at radius 1 is 1.35 bits per heavy atom. The number of alkyl halides is 3. The molecule has 2 rings (SSSR count). The minimum absolute atomic E-state index is 0.0898. The Morgan fingerprint density at radius 2 is 1.96 bits per heavy atom. The standard InChI is InChI=1S/C16H19ClF3NO3S2/c1-3-9(7-16(18,19)20)13(14(21)22)26(23,24)15-8(2)11-6-10(17)4-5-12(11)25-15/h4-6,9,13-14,22H,3,7,21H2,1-2H3/t9-,13-,14?/m0/s1. The Balaban J connectivity index is 2.59. The van der Waals surface area contributed by atoms with Crippen molar-refractivity contribution in [3.63, 3.8) is 0 Å². The molecule has 4 nitrogen and oxygen atoms in total. The summed E-state index contributed by atoms with van der Waals surface area (Å²) < 4.78 is 65.4. The molecule has 3 atom stereocenters. The molecule has 0 aliphatic heterocycles. The zero-order valence-corrected chi connectivity index (χ0v) is 16.4. The summed E-state index contributed by atoms with van der Waals surface area (Å²) >= 11 is 6.88. The molecule has 26 heavy (non-hydrogen) atoms. The van der Waals surface area contributed by atoms with Crippen molar-refractivity contribution >= 4 is 42.9 Å². The van der Waals surface area contributed by atoms with Gasteiger partial charge in [0.1, 0.15) is 15.7 Å². The van der Waals surface area contributed by atoms with E-state index >= 15 is 0 Å². The van der Waals surface area contributed by atoms with Gasteiger partial charge in [-0.2, -0.15) is 13.2 Å². The minimum atomic E-state index is -4.56. The summed E-state index contributed by atoms with van der Waals surface area (Å²) in [4.78, 5) is 0. The number of fused-ring (bicyclic) bond motifs is 1. The van der Waals surface area contributed by atoms with Crippen LogP contribution in [0.4, 0.5) is 13.2 Å². The van der Waals surface area contributed by atoms with Crippen LogP contribution in [0.2, 0.25) is 5.02 Å². The number of aryl methyl sites for hydroxylation is 1. The van der Waals surface area contributed by atoms with Gasteiger partial charge in [0.05, 0.1) is 0 Å². The van der Waals surface area contributed by atoms with E-state index in [1.54, 1.807) is 25.1 Å². The number of halogens is 4. The van der Waals surface area contributed by atoms with Gasteiger partial charge in [-0.3, -0.25) is 0 Å². The Bertz CT molecular complexity index is 894. The predicted octanol–water partition coefficient (Wildman–Crippen LogP) is 4.26. The second-order valence-electron chi connectivity index (χ2n) is 6.14. The van der Waals surface area contributed by atoms with E-state index < -0.39 is 39.8 Å². The van der Waals surface area contributed by atoms with Crippen LogP contribution in [-0.2, 0) is 9.84 Å². The highest BCUT2D eigenvalue weighted by Crippen LogP contribution is 2.40. The van der Waals surface area contributed by atoms with E-state index in [0.717, 1.165) is 11.3 Å². The van der Waals surface area contributed by atoms with Gasteiger partial charge in [-0.05, 0) is 42.0 Å². The van der Waals surface area contributed by atoms with Crippen LogP contribution in [0.1, 0.15) is 25.3 Å². The summed E-state index contributed by atoms with van der Waals surface area (Å²) in [5.74, 6) is -1.35. The average Bonchev–Trinajstić information content (AvgIpc) is 2.82. The molecule has 1 aromatic heterocycles. The molecule has 0 amide bonds. The van der Waals surface area contributed by atoms with Crippen molar-refractivity contribution in [3.05, 3.63) is 28.8 Å². The second-order valence-corrected chi connectivity index (χ2v) is 9.93. The summed E-state index contributed by atoms with van der Waals surface area (Å²) in [5.41, 5.74) is 5.81. The van der Waals surface area contributed by atoms with Crippen LogP contribution in [-0.4, -0.2) is 31.2 Å². The molecule has 1 unspecified atom stereocenters. The number of aliphatic hydroxyl groups is 1. The number of hydrogen-bond donors (Lipinski definition) is 2. The summed E-state index contributed by atoms with van der Waals surface area (Å²) in [6, 6.07) is 4.85. The van der Waals surface area contributed by atoms with Crippen molar-refractivity contribution in [2.45, 2.75) is 48.6 Å². The molecule has 2 aromatic rings. The number of sulfone groups is 1. The molecule has 0 fully saturated rings. The fraction of sp³-hybridized carbons (Fsp3) is 0.500. The smallest absolute Gasteiger partial charge is 0.377 e. The maximum absolute atomic E-state index is 13.1. The highest BCUT2D eigenvalue weighted by atomic mass is 35.5. The molecule has 0 bridgehead atoms. The second kappa shape index (κ2) is 7.63. The van der Waals surface area contributed by atoms with Crippen molar-refractivity contribution in [1.82, 2.24) is 0 Å². The molecule has 0 saturated heterocycles. The Morgan fingerprint density at radius 3 is 2.46 bits per heavy atom. The average molecular weight is 430 g/mol. The van der Waals surface area contributed by atoms with Gasteiger partial charge >= 0.3 is 6.18 Å². The van der Waals surface area contributed by atoms with Crippen LogP contribution in [0.3, 0.4) is 0 Å². The number of hydrogen-bond acceptors (Lipinski definition) is 5. The lowest BCUT2D eigenvalue weighted by Gasteiger charge is -2.28. The fourth-order valence-electron chi connectivity index (χ4n) is 3.07. The van der Waals surface area contributed by atoms with Crippen LogP contribution in [0.25, 0.3) is 10.1 Å². The number of thiophene rings is 1. The maximum atomic E-state index is 13.1. The molecule has 0 saturated carbocycles. The van der Waals surface area contributed by atoms with Gasteiger partial charge in [0.25, 0.3) is 0 Å². The molecule has 146 valence electrons. The van der Waals surface area contributed by atoms with E-state index in [-0.39, 0.29) is 10.6 Å². The summed E-state index contributed by atoms with van der Waals surface area (Å²) in [6.07, 6.45) is -7.92. The maximum Gasteiger partial charge on any atom is 0.389 e. The largest absolute Gasteiger partial charge is 0.389 e. The van der Waals surface area contributed by atoms with Gasteiger partial charge in [-0.15, -0.1) is 11.3 Å². The van der Waals surface area contributed by atoms with Crippen molar-refractivity contribution in [3.8, 4) is 0 Å². The third-order valence-corrected chi connectivity index (χ3v) is 8.74. The molecule has 1 aromatic carbocycles. The van der Waals surface area contributed by atoms with Gasteiger partial charge in [0, 0.05) is 16.1 Å². The molecule has 0 aliphatic carbocycles.